The molecule has 0 spiro atoms. The fraction of sp³-hybridized carbons (Fsp3) is 0.207. The lowest BCUT2D eigenvalue weighted by molar-refractivity contribution is 0.136. The molecule has 0 radical (unpaired) electrons. The first-order valence-corrected chi connectivity index (χ1v) is 14.0. The molecule has 42 heavy (non-hydrogen) atoms. The molecule has 0 saturated carbocycles. The van der Waals surface area contributed by atoms with Gasteiger partial charge in [-0.2, -0.15) is 0 Å². The van der Waals surface area contributed by atoms with Crippen molar-refractivity contribution in [1.29, 1.82) is 0 Å². The molecule has 0 fully saturated rings. The summed E-state index contributed by atoms with van der Waals surface area (Å²) in [6.45, 7) is 3.71. The van der Waals surface area contributed by atoms with Crippen molar-refractivity contribution >= 4 is 67.0 Å². The highest BCUT2D eigenvalue weighted by Crippen LogP contribution is 2.40. The Kier molecular flexibility index (Phi) is 7.25. The second-order valence-electron chi connectivity index (χ2n) is 9.55. The number of hydrogen-bond acceptors (Lipinski definition) is 9. The molecule has 0 aliphatic carbocycles. The lowest BCUT2D eigenvalue weighted by Crippen LogP contribution is -2.18. The number of anilines is 1. The van der Waals surface area contributed by atoms with Crippen LogP contribution in [-0.4, -0.2) is 50.9 Å². The lowest BCUT2D eigenvalue weighted by Gasteiger charge is -2.10. The Labute approximate surface area is 248 Å². The number of thiazole rings is 1. The zero-order valence-electron chi connectivity index (χ0n) is 23.0. The number of amides is 1. The van der Waals surface area contributed by atoms with E-state index in [1.807, 2.05) is 49.7 Å². The molecule has 10 nitrogen and oxygen atoms in total. The molecule has 214 valence electrons. The highest BCUT2D eigenvalue weighted by molar-refractivity contribution is 7.21. The molecule has 0 saturated heterocycles. The van der Waals surface area contributed by atoms with Gasteiger partial charge < -0.3 is 18.8 Å². The van der Waals surface area contributed by atoms with Gasteiger partial charge in [-0.25, -0.2) is 29.1 Å². The van der Waals surface area contributed by atoms with Crippen molar-refractivity contribution in [2.45, 2.75) is 13.8 Å². The number of fused-ring (bicyclic) bond motifs is 3. The summed E-state index contributed by atoms with van der Waals surface area (Å²) in [5.41, 5.74) is 5.66. The zero-order chi connectivity index (χ0) is 29.5. The largest absolute Gasteiger partial charge is 0.487 e. The van der Waals surface area contributed by atoms with Gasteiger partial charge in [0.05, 0.1) is 40.9 Å². The number of aromatic nitrogens is 5. The Bertz CT molecular complexity index is 2010. The van der Waals surface area contributed by atoms with Crippen LogP contribution in [0.5, 0.6) is 11.6 Å². The maximum absolute atomic E-state index is 15.1. The molecule has 4 aromatic heterocycles. The second kappa shape index (κ2) is 11.0. The highest BCUT2D eigenvalue weighted by Gasteiger charge is 2.20. The quantitative estimate of drug-likeness (QED) is 0.197. The zero-order valence-corrected chi connectivity index (χ0v) is 24.6. The number of rotatable bonds is 7. The summed E-state index contributed by atoms with van der Waals surface area (Å²) in [6.07, 6.45) is 2.41. The van der Waals surface area contributed by atoms with Crippen molar-refractivity contribution < 1.29 is 23.4 Å². The lowest BCUT2D eigenvalue weighted by atomic mass is 10.1. The minimum absolute atomic E-state index is 0.0700. The number of aryl methyl sites for hydroxylation is 3. The van der Waals surface area contributed by atoms with E-state index in [0.29, 0.717) is 37.8 Å². The Morgan fingerprint density at radius 3 is 2.71 bits per heavy atom. The third-order valence-corrected chi connectivity index (χ3v) is 8.05. The molecular formula is C29H24ClFN6O4S. The standard InChI is InChI=1S/C29H24ClFN6O4S/c1-14-7-18(25-19(8-14)35-22(39-4)13-32-25)28-36-26-21(42-28)11-20(24(31)23(26)30)40-5-6-41-29(38)34-17-10-16-9-15(2)37(3)27(16)33-12-17/h7-13H,5-6H2,1-4H3,(H,34,38). The van der Waals surface area contributed by atoms with E-state index in [4.69, 9.17) is 25.8 Å². The van der Waals surface area contributed by atoms with E-state index >= 15 is 4.39 Å². The smallest absolute Gasteiger partial charge is 0.411 e. The third-order valence-electron chi connectivity index (χ3n) is 6.67. The number of halogens is 2. The number of nitrogens with one attached hydrogen (secondary N) is 1. The Hall–Kier alpha value is -4.55. The van der Waals surface area contributed by atoms with Crippen molar-refractivity contribution in [2.75, 3.05) is 25.6 Å². The number of carbonyl (C=O) groups is 1. The van der Waals surface area contributed by atoms with Crippen LogP contribution in [0.4, 0.5) is 14.9 Å². The minimum atomic E-state index is -0.748. The summed E-state index contributed by atoms with van der Waals surface area (Å²) in [5, 5.41) is 3.98. The molecule has 2 aromatic carbocycles. The van der Waals surface area contributed by atoms with E-state index in [2.05, 4.69) is 25.3 Å². The van der Waals surface area contributed by atoms with Gasteiger partial charge in [-0.3, -0.25) is 5.32 Å². The van der Waals surface area contributed by atoms with Crippen LogP contribution in [0.25, 0.3) is 42.9 Å². The second-order valence-corrected chi connectivity index (χ2v) is 11.0. The molecule has 0 atom stereocenters. The molecule has 13 heteroatoms. The van der Waals surface area contributed by atoms with Crippen LogP contribution in [0.1, 0.15) is 11.3 Å². The Morgan fingerprint density at radius 1 is 1.07 bits per heavy atom. The number of hydrogen-bond donors (Lipinski definition) is 1. The number of carbonyl (C=O) groups excluding carboxylic acids is 1. The van der Waals surface area contributed by atoms with Gasteiger partial charge >= 0.3 is 6.09 Å². The van der Waals surface area contributed by atoms with Crippen LogP contribution in [0.3, 0.4) is 0 Å². The molecule has 1 N–H and O–H groups in total. The summed E-state index contributed by atoms with van der Waals surface area (Å²) < 4.78 is 33.7. The summed E-state index contributed by atoms with van der Waals surface area (Å²) in [7, 11) is 3.45. The number of nitrogens with zero attached hydrogens (tertiary/aromatic N) is 5. The van der Waals surface area contributed by atoms with Crippen molar-refractivity contribution in [3.63, 3.8) is 0 Å². The van der Waals surface area contributed by atoms with E-state index in [1.165, 1.54) is 30.7 Å². The average molecular weight is 607 g/mol. The molecule has 0 bridgehead atoms. The molecule has 0 unspecified atom stereocenters. The summed E-state index contributed by atoms with van der Waals surface area (Å²) in [4.78, 5) is 30.2. The first-order chi connectivity index (χ1) is 20.2. The number of benzene rings is 2. The number of pyridine rings is 1. The van der Waals surface area contributed by atoms with Crippen LogP contribution in [0.2, 0.25) is 5.02 Å². The van der Waals surface area contributed by atoms with Gasteiger partial charge in [0.25, 0.3) is 0 Å². The normalized spacial score (nSPS) is 11.4. The van der Waals surface area contributed by atoms with E-state index in [1.54, 1.807) is 6.20 Å². The molecule has 4 heterocycles. The van der Waals surface area contributed by atoms with Gasteiger partial charge in [-0.05, 0) is 43.7 Å². The first kappa shape index (κ1) is 27.6. The number of ether oxygens (including phenoxy) is 3. The topological polar surface area (TPSA) is 113 Å². The fourth-order valence-electron chi connectivity index (χ4n) is 4.57. The van der Waals surface area contributed by atoms with Crippen LogP contribution < -0.4 is 14.8 Å². The Morgan fingerprint density at radius 2 is 1.90 bits per heavy atom. The molecule has 6 rings (SSSR count). The number of methoxy groups -OCH3 is 1. The third kappa shape index (κ3) is 5.14. The van der Waals surface area contributed by atoms with Gasteiger partial charge in [0.2, 0.25) is 5.88 Å². The van der Waals surface area contributed by atoms with E-state index in [-0.39, 0.29) is 24.0 Å². The van der Waals surface area contributed by atoms with E-state index in [0.717, 1.165) is 27.9 Å². The van der Waals surface area contributed by atoms with Gasteiger partial charge in [-0.15, -0.1) is 11.3 Å². The van der Waals surface area contributed by atoms with Gasteiger partial charge in [0.15, 0.2) is 11.6 Å². The summed E-state index contributed by atoms with van der Waals surface area (Å²) in [6, 6.07) is 9.17. The molecule has 1 amide bonds. The SMILES string of the molecule is COc1cnc2c(-c3nc4c(Cl)c(F)c(OCCOC(=O)Nc5cnc6c(c5)cc(C)n6C)cc4s3)cc(C)cc2n1. The van der Waals surface area contributed by atoms with Crippen LogP contribution in [-0.2, 0) is 11.8 Å². The van der Waals surface area contributed by atoms with E-state index < -0.39 is 11.9 Å². The molecule has 0 aliphatic rings. The van der Waals surface area contributed by atoms with Crippen molar-refractivity contribution in [2.24, 2.45) is 7.05 Å². The maximum Gasteiger partial charge on any atom is 0.411 e. The predicted molar refractivity (Wildman–Crippen MR) is 160 cm³/mol. The Balaban J connectivity index is 1.15. The van der Waals surface area contributed by atoms with Crippen molar-refractivity contribution in [1.82, 2.24) is 24.5 Å². The van der Waals surface area contributed by atoms with Gasteiger partial charge in [0.1, 0.15) is 34.4 Å². The maximum atomic E-state index is 15.1. The molecule has 0 aliphatic heterocycles. The average Bonchev–Trinajstić information content (AvgIpc) is 3.52. The highest BCUT2D eigenvalue weighted by atomic mass is 35.5. The van der Waals surface area contributed by atoms with Crippen LogP contribution >= 0.6 is 22.9 Å². The monoisotopic (exact) mass is 606 g/mol. The molecular weight excluding hydrogens is 583 g/mol. The predicted octanol–water partition coefficient (Wildman–Crippen LogP) is 6.84. The fourth-order valence-corrected chi connectivity index (χ4v) is 5.88. The van der Waals surface area contributed by atoms with Gasteiger partial charge in [0, 0.05) is 29.8 Å². The first-order valence-electron chi connectivity index (χ1n) is 12.8. The van der Waals surface area contributed by atoms with Crippen molar-refractivity contribution in [3.05, 3.63) is 64.8 Å². The van der Waals surface area contributed by atoms with Gasteiger partial charge in [-0.1, -0.05) is 11.6 Å². The van der Waals surface area contributed by atoms with E-state index in [9.17, 15) is 4.79 Å². The van der Waals surface area contributed by atoms with Crippen LogP contribution in [0, 0.1) is 19.7 Å². The van der Waals surface area contributed by atoms with Crippen molar-refractivity contribution in [3.8, 4) is 22.2 Å². The summed E-state index contributed by atoms with van der Waals surface area (Å²) >= 11 is 7.69. The summed E-state index contributed by atoms with van der Waals surface area (Å²) in [5.74, 6) is -0.418. The van der Waals surface area contributed by atoms with Crippen LogP contribution in [0.15, 0.2) is 42.7 Å². The molecule has 6 aromatic rings. The minimum Gasteiger partial charge on any atom is -0.487 e.